The molecule has 0 saturated heterocycles. The van der Waals surface area contributed by atoms with Gasteiger partial charge >= 0.3 is 0 Å². The molecule has 0 saturated carbocycles. The van der Waals surface area contributed by atoms with Crippen LogP contribution in [0.25, 0.3) is 44.5 Å². The summed E-state index contributed by atoms with van der Waals surface area (Å²) in [6.07, 6.45) is 4.65. The van der Waals surface area contributed by atoms with Crippen molar-refractivity contribution in [2.45, 2.75) is 127 Å². The molecule has 8 aromatic carbocycles. The van der Waals surface area contributed by atoms with Gasteiger partial charge in [-0.3, -0.25) is 0 Å². The molecule has 0 atom stereocenters. The van der Waals surface area contributed by atoms with Crippen LogP contribution < -0.4 is 4.90 Å². The molecule has 0 bridgehead atoms. The molecule has 13 rings (SSSR count). The van der Waals surface area contributed by atoms with E-state index in [1.165, 1.54) is 130 Å². The maximum atomic E-state index is 2.69. The number of rotatable bonds is 4. The molecule has 0 radical (unpaired) electrons. The Morgan fingerprint density at radius 2 is 0.725 bits per heavy atom. The molecule has 5 aliphatic carbocycles. The van der Waals surface area contributed by atoms with Crippen molar-refractivity contribution in [3.63, 3.8) is 0 Å². The molecule has 0 unspecified atom stereocenters. The Hall–Kier alpha value is -6.44. The van der Waals surface area contributed by atoms with Crippen LogP contribution in [0.2, 0.25) is 0 Å². The lowest BCUT2D eigenvalue weighted by Crippen LogP contribution is -2.34. The van der Waals surface area contributed by atoms with Crippen LogP contribution in [0.3, 0.4) is 0 Å². The fraction of sp³-hybridized carbons (Fsp3) is 0.294. The molecule has 5 aliphatic rings. The highest BCUT2D eigenvalue weighted by molar-refractivity contribution is 6.01. The summed E-state index contributed by atoms with van der Waals surface area (Å²) < 4.78 is 0. The topological polar surface area (TPSA) is 3.24 Å². The summed E-state index contributed by atoms with van der Waals surface area (Å²) in [5.74, 6) is 0. The summed E-state index contributed by atoms with van der Waals surface area (Å²) in [5.41, 5.74) is 28.1. The van der Waals surface area contributed by atoms with Gasteiger partial charge in [-0.25, -0.2) is 0 Å². The van der Waals surface area contributed by atoms with E-state index in [4.69, 9.17) is 0 Å². The summed E-state index contributed by atoms with van der Waals surface area (Å²) in [6, 6.07) is 64.5. The van der Waals surface area contributed by atoms with Crippen molar-refractivity contribution >= 4 is 17.1 Å². The van der Waals surface area contributed by atoms with E-state index in [0.717, 1.165) is 12.8 Å². The van der Waals surface area contributed by atoms with Crippen LogP contribution in [0, 0.1) is 0 Å². The number of fused-ring (bicyclic) bond motifs is 15. The lowest BCUT2D eigenvalue weighted by Gasteiger charge is -2.44. The highest BCUT2D eigenvalue weighted by atomic mass is 15.1. The first-order valence-electron chi connectivity index (χ1n) is 25.8. The first-order valence-corrected chi connectivity index (χ1v) is 25.8. The molecular formula is C68H65N. The normalized spacial score (nSPS) is 19.0. The Bertz CT molecular complexity index is 3450. The average Bonchev–Trinajstić information content (AvgIpc) is 3.90. The monoisotopic (exact) mass is 896 g/mol. The van der Waals surface area contributed by atoms with E-state index in [-0.39, 0.29) is 27.1 Å². The van der Waals surface area contributed by atoms with Gasteiger partial charge in [-0.2, -0.15) is 0 Å². The van der Waals surface area contributed by atoms with Gasteiger partial charge < -0.3 is 4.90 Å². The molecule has 0 aromatic heterocycles. The number of anilines is 3. The van der Waals surface area contributed by atoms with Crippen LogP contribution >= 0.6 is 0 Å². The van der Waals surface area contributed by atoms with Crippen molar-refractivity contribution in [2.24, 2.45) is 0 Å². The zero-order chi connectivity index (χ0) is 47.6. The molecule has 1 nitrogen and oxygen atoms in total. The van der Waals surface area contributed by atoms with Crippen LogP contribution in [0.15, 0.2) is 164 Å². The second kappa shape index (κ2) is 14.1. The van der Waals surface area contributed by atoms with Gasteiger partial charge in [-0.15, -0.1) is 0 Å². The zero-order valence-corrected chi connectivity index (χ0v) is 42.4. The molecule has 0 N–H and O–H groups in total. The first-order chi connectivity index (χ1) is 32.9. The quantitative estimate of drug-likeness (QED) is 0.170. The van der Waals surface area contributed by atoms with Gasteiger partial charge in [0, 0.05) is 22.4 Å². The van der Waals surface area contributed by atoms with Gasteiger partial charge in [-0.1, -0.05) is 197 Å². The van der Waals surface area contributed by atoms with E-state index in [2.05, 4.69) is 238 Å². The van der Waals surface area contributed by atoms with E-state index in [1.54, 1.807) is 0 Å². The molecular weight excluding hydrogens is 831 g/mol. The molecule has 8 aromatic rings. The summed E-state index contributed by atoms with van der Waals surface area (Å²) in [5, 5.41) is 0. The summed E-state index contributed by atoms with van der Waals surface area (Å²) in [4.78, 5) is 2.69. The molecule has 0 amide bonds. The highest BCUT2D eigenvalue weighted by Gasteiger charge is 2.52. The zero-order valence-electron chi connectivity index (χ0n) is 42.4. The second-order valence-corrected chi connectivity index (χ2v) is 24.5. The second-order valence-electron chi connectivity index (χ2n) is 24.5. The van der Waals surface area contributed by atoms with Crippen LogP contribution in [0.1, 0.15) is 151 Å². The lowest BCUT2D eigenvalue weighted by molar-refractivity contribution is 0.332. The van der Waals surface area contributed by atoms with Crippen molar-refractivity contribution in [3.8, 4) is 44.5 Å². The summed E-state index contributed by atoms with van der Waals surface area (Å²) in [6.45, 7) is 24.6. The van der Waals surface area contributed by atoms with Crippen LogP contribution in [0.4, 0.5) is 17.1 Å². The van der Waals surface area contributed by atoms with Crippen molar-refractivity contribution in [2.75, 3.05) is 4.90 Å². The van der Waals surface area contributed by atoms with Gasteiger partial charge in [0.15, 0.2) is 0 Å². The fourth-order valence-electron chi connectivity index (χ4n) is 14.5. The maximum absolute atomic E-state index is 2.69. The third kappa shape index (κ3) is 5.71. The SMILES string of the molecule is CC1(C)CCC(C)(C)c2cc(N(c3ccc4c(c3)C(C)(C)c3ccccc3-4)c3cc4c(cc3-c3cccc5c3C(C)(C)CCC5(C)C)-c3ccccc3C43c4ccccc4-c4ccccc43)ccc21. The third-order valence-corrected chi connectivity index (χ3v) is 18.4. The van der Waals surface area contributed by atoms with E-state index < -0.39 is 5.41 Å². The van der Waals surface area contributed by atoms with E-state index in [0.29, 0.717) is 0 Å². The average molecular weight is 896 g/mol. The van der Waals surface area contributed by atoms with Gasteiger partial charge in [0.05, 0.1) is 11.1 Å². The largest absolute Gasteiger partial charge is 0.310 e. The minimum Gasteiger partial charge on any atom is -0.310 e. The Kier molecular flexibility index (Phi) is 8.71. The molecule has 1 spiro atoms. The number of nitrogens with zero attached hydrogens (tertiary/aromatic N) is 1. The van der Waals surface area contributed by atoms with Gasteiger partial charge in [0.2, 0.25) is 0 Å². The van der Waals surface area contributed by atoms with Crippen LogP contribution in [0.5, 0.6) is 0 Å². The smallest absolute Gasteiger partial charge is 0.0726 e. The number of hydrogen-bond donors (Lipinski definition) is 0. The first kappa shape index (κ1) is 42.6. The lowest BCUT2D eigenvalue weighted by atomic mass is 9.61. The standard InChI is InChI=1S/C68H65N/c1-63(2)34-35-65(5,6)60-39-43(31-33-56(60)63)69(42-30-32-48-44-20-11-15-25-52(44)67(9,10)58(48)38-42)61-41-59-50(40-51(61)49-24-19-29-57-62(49)66(7,8)37-36-64(57,3)4)47-23-14-18-28-55(47)68(59)53-26-16-12-21-45(53)46-22-13-17-27-54(46)68/h11-33,38-41H,34-37H2,1-10H3. The molecule has 342 valence electrons. The molecule has 0 heterocycles. The highest BCUT2D eigenvalue weighted by Crippen LogP contribution is 2.65. The minimum absolute atomic E-state index is 0.0180. The van der Waals surface area contributed by atoms with E-state index >= 15 is 0 Å². The maximum Gasteiger partial charge on any atom is 0.0726 e. The molecule has 69 heavy (non-hydrogen) atoms. The fourth-order valence-corrected chi connectivity index (χ4v) is 14.5. The van der Waals surface area contributed by atoms with Crippen LogP contribution in [-0.2, 0) is 32.5 Å². The molecule has 0 aliphatic heterocycles. The summed E-state index contributed by atoms with van der Waals surface area (Å²) in [7, 11) is 0. The van der Waals surface area contributed by atoms with E-state index in [1.807, 2.05) is 0 Å². The van der Waals surface area contributed by atoms with Crippen LogP contribution in [-0.4, -0.2) is 0 Å². The Morgan fingerprint density at radius 3 is 1.33 bits per heavy atom. The Morgan fingerprint density at radius 1 is 0.290 bits per heavy atom. The Balaban J connectivity index is 1.19. The molecule has 0 fully saturated rings. The Labute approximate surface area is 411 Å². The summed E-state index contributed by atoms with van der Waals surface area (Å²) >= 11 is 0. The van der Waals surface area contributed by atoms with Crippen molar-refractivity contribution in [1.29, 1.82) is 0 Å². The van der Waals surface area contributed by atoms with Crippen molar-refractivity contribution in [3.05, 3.63) is 219 Å². The predicted molar refractivity (Wildman–Crippen MR) is 291 cm³/mol. The van der Waals surface area contributed by atoms with Gasteiger partial charge in [0.1, 0.15) is 0 Å². The number of hydrogen-bond acceptors (Lipinski definition) is 1. The number of benzene rings is 8. The van der Waals surface area contributed by atoms with Crippen molar-refractivity contribution < 1.29 is 0 Å². The van der Waals surface area contributed by atoms with Gasteiger partial charge in [-0.05, 0) is 178 Å². The predicted octanol–water partition coefficient (Wildman–Crippen LogP) is 18.2. The van der Waals surface area contributed by atoms with E-state index in [9.17, 15) is 0 Å². The third-order valence-electron chi connectivity index (χ3n) is 18.4. The minimum atomic E-state index is -0.487. The van der Waals surface area contributed by atoms with Gasteiger partial charge in [0.25, 0.3) is 0 Å². The molecule has 1 heteroatoms. The van der Waals surface area contributed by atoms with Crippen molar-refractivity contribution in [1.82, 2.24) is 0 Å².